The molecule has 0 amide bonds. The first kappa shape index (κ1) is 18.5. The first-order chi connectivity index (χ1) is 12.3. The molecule has 4 nitrogen and oxygen atoms in total. The van der Waals surface area contributed by atoms with Crippen LogP contribution in [0.25, 0.3) is 0 Å². The van der Waals surface area contributed by atoms with Crippen LogP contribution in [0, 0.1) is 0 Å². The molecule has 1 unspecified atom stereocenters. The third-order valence-electron chi connectivity index (χ3n) is 4.16. The van der Waals surface area contributed by atoms with E-state index in [1.54, 1.807) is 43.3 Å². The zero-order valence-corrected chi connectivity index (χ0v) is 15.6. The van der Waals surface area contributed by atoms with Crippen LogP contribution in [0.15, 0.2) is 83.8 Å². The van der Waals surface area contributed by atoms with Crippen LogP contribution >= 0.6 is 11.6 Å². The van der Waals surface area contributed by atoms with Gasteiger partial charge in [-0.05, 0) is 42.8 Å². The molecule has 0 aliphatic carbocycles. The highest BCUT2D eigenvalue weighted by Crippen LogP contribution is 2.34. The second-order valence-electron chi connectivity index (χ2n) is 6.04. The molecule has 0 aromatic heterocycles. The van der Waals surface area contributed by atoms with E-state index in [9.17, 15) is 13.5 Å². The van der Waals surface area contributed by atoms with E-state index in [1.165, 1.54) is 24.3 Å². The minimum Gasteiger partial charge on any atom is -0.381 e. The van der Waals surface area contributed by atoms with Gasteiger partial charge in [-0.1, -0.05) is 60.1 Å². The Hall–Kier alpha value is -2.34. The number of benzene rings is 3. The highest BCUT2D eigenvalue weighted by molar-refractivity contribution is 7.92. The van der Waals surface area contributed by atoms with Crippen molar-refractivity contribution < 1.29 is 13.5 Å². The molecule has 26 heavy (non-hydrogen) atoms. The van der Waals surface area contributed by atoms with E-state index in [0.717, 1.165) is 0 Å². The van der Waals surface area contributed by atoms with Crippen LogP contribution in [0.5, 0.6) is 0 Å². The maximum atomic E-state index is 12.7. The van der Waals surface area contributed by atoms with Crippen LogP contribution in [0.4, 0.5) is 5.69 Å². The molecular weight excluding hydrogens is 370 g/mol. The minimum atomic E-state index is -3.81. The van der Waals surface area contributed by atoms with Gasteiger partial charge >= 0.3 is 0 Å². The predicted molar refractivity (Wildman–Crippen MR) is 104 cm³/mol. The van der Waals surface area contributed by atoms with Crippen LogP contribution in [-0.4, -0.2) is 13.5 Å². The average molecular weight is 388 g/mol. The SMILES string of the molecule is CC(O)(c1ccccc1)c1ccccc1NS(=O)(=O)c1ccc(Cl)cc1. The fourth-order valence-corrected chi connectivity index (χ4v) is 3.94. The topological polar surface area (TPSA) is 66.4 Å². The van der Waals surface area contributed by atoms with Gasteiger partial charge in [-0.15, -0.1) is 0 Å². The molecule has 3 aromatic rings. The second-order valence-corrected chi connectivity index (χ2v) is 8.16. The van der Waals surface area contributed by atoms with E-state index < -0.39 is 15.6 Å². The summed E-state index contributed by atoms with van der Waals surface area (Å²) in [5.41, 5.74) is 0.0820. The number of halogens is 1. The van der Waals surface area contributed by atoms with Crippen molar-refractivity contribution in [1.29, 1.82) is 0 Å². The van der Waals surface area contributed by atoms with E-state index in [0.29, 0.717) is 21.8 Å². The Balaban J connectivity index is 2.01. The van der Waals surface area contributed by atoms with Gasteiger partial charge in [-0.2, -0.15) is 0 Å². The molecule has 134 valence electrons. The van der Waals surface area contributed by atoms with Gasteiger partial charge in [0.25, 0.3) is 10.0 Å². The van der Waals surface area contributed by atoms with E-state index in [4.69, 9.17) is 11.6 Å². The van der Waals surface area contributed by atoms with Gasteiger partial charge in [-0.3, -0.25) is 4.72 Å². The fraction of sp³-hybridized carbons (Fsp3) is 0.100. The minimum absolute atomic E-state index is 0.0936. The molecule has 0 aliphatic rings. The molecule has 3 aromatic carbocycles. The van der Waals surface area contributed by atoms with Crippen molar-refractivity contribution in [3.63, 3.8) is 0 Å². The van der Waals surface area contributed by atoms with Crippen LogP contribution in [0.2, 0.25) is 5.02 Å². The van der Waals surface area contributed by atoms with Gasteiger partial charge in [0.05, 0.1) is 10.6 Å². The molecule has 6 heteroatoms. The number of anilines is 1. The molecule has 0 aliphatic heterocycles. The Labute approximate surface area is 158 Å². The standard InChI is InChI=1S/C20H18ClNO3S/c1-20(23,15-7-3-2-4-8-15)18-9-5-6-10-19(18)22-26(24,25)17-13-11-16(21)12-14-17/h2-14,22-23H,1H3. The summed E-state index contributed by atoms with van der Waals surface area (Å²) >= 11 is 5.83. The van der Waals surface area contributed by atoms with Crippen molar-refractivity contribution in [3.05, 3.63) is 95.0 Å². The summed E-state index contributed by atoms with van der Waals surface area (Å²) < 4.78 is 28.0. The van der Waals surface area contributed by atoms with E-state index in [2.05, 4.69) is 4.72 Å². The lowest BCUT2D eigenvalue weighted by Crippen LogP contribution is -2.25. The Morgan fingerprint density at radius 2 is 1.46 bits per heavy atom. The summed E-state index contributed by atoms with van der Waals surface area (Å²) in [6, 6.07) is 21.8. The number of aliphatic hydroxyl groups is 1. The third kappa shape index (κ3) is 3.75. The smallest absolute Gasteiger partial charge is 0.261 e. The zero-order valence-electron chi connectivity index (χ0n) is 14.1. The van der Waals surface area contributed by atoms with Crippen molar-refractivity contribution in [2.24, 2.45) is 0 Å². The highest BCUT2D eigenvalue weighted by Gasteiger charge is 2.29. The van der Waals surface area contributed by atoms with Crippen molar-refractivity contribution in [2.45, 2.75) is 17.4 Å². The number of sulfonamides is 1. The largest absolute Gasteiger partial charge is 0.381 e. The summed E-state index contributed by atoms with van der Waals surface area (Å²) in [6.07, 6.45) is 0. The Kier molecular flexibility index (Phi) is 5.05. The van der Waals surface area contributed by atoms with E-state index >= 15 is 0 Å². The first-order valence-corrected chi connectivity index (χ1v) is 9.82. The molecule has 0 spiro atoms. The summed E-state index contributed by atoms with van der Waals surface area (Å²) in [5, 5.41) is 11.5. The fourth-order valence-electron chi connectivity index (χ4n) is 2.73. The first-order valence-electron chi connectivity index (χ1n) is 7.96. The molecule has 3 rings (SSSR count). The Morgan fingerprint density at radius 3 is 2.12 bits per heavy atom. The Morgan fingerprint density at radius 1 is 0.885 bits per heavy atom. The molecule has 2 N–H and O–H groups in total. The normalized spacial score (nSPS) is 13.8. The van der Waals surface area contributed by atoms with Crippen molar-refractivity contribution >= 4 is 27.3 Å². The second kappa shape index (κ2) is 7.11. The number of para-hydroxylation sites is 1. The molecular formula is C20H18ClNO3S. The summed E-state index contributed by atoms with van der Waals surface area (Å²) in [6.45, 7) is 1.64. The number of rotatable bonds is 5. The lowest BCUT2D eigenvalue weighted by molar-refractivity contribution is 0.103. The van der Waals surface area contributed by atoms with Crippen molar-refractivity contribution in [3.8, 4) is 0 Å². The zero-order chi connectivity index (χ0) is 18.8. The van der Waals surface area contributed by atoms with Crippen molar-refractivity contribution in [1.82, 2.24) is 0 Å². The van der Waals surface area contributed by atoms with Crippen molar-refractivity contribution in [2.75, 3.05) is 4.72 Å². The molecule has 0 radical (unpaired) electrons. The van der Waals surface area contributed by atoms with Gasteiger partial charge < -0.3 is 5.11 Å². The van der Waals surface area contributed by atoms with E-state index in [-0.39, 0.29) is 4.90 Å². The molecule has 0 fully saturated rings. The van der Waals surface area contributed by atoms with Crippen LogP contribution in [0.3, 0.4) is 0 Å². The maximum absolute atomic E-state index is 12.7. The molecule has 0 saturated carbocycles. The molecule has 1 atom stereocenters. The highest BCUT2D eigenvalue weighted by atomic mass is 35.5. The molecule has 0 heterocycles. The number of hydrogen-bond donors (Lipinski definition) is 2. The maximum Gasteiger partial charge on any atom is 0.261 e. The Bertz CT molecular complexity index is 1000. The van der Waals surface area contributed by atoms with Gasteiger partial charge in [-0.25, -0.2) is 8.42 Å². The molecule has 0 saturated heterocycles. The molecule has 0 bridgehead atoms. The quantitative estimate of drug-likeness (QED) is 0.682. The predicted octanol–water partition coefficient (Wildman–Crippen LogP) is 4.40. The van der Waals surface area contributed by atoms with Gasteiger partial charge in [0, 0.05) is 10.6 Å². The lowest BCUT2D eigenvalue weighted by atomic mass is 9.87. The average Bonchev–Trinajstić information content (AvgIpc) is 2.63. The summed E-state index contributed by atoms with van der Waals surface area (Å²) in [5.74, 6) is 0. The third-order valence-corrected chi connectivity index (χ3v) is 5.79. The van der Waals surface area contributed by atoms with Gasteiger partial charge in [0.1, 0.15) is 5.60 Å². The van der Waals surface area contributed by atoms with Gasteiger partial charge in [0.2, 0.25) is 0 Å². The number of nitrogens with one attached hydrogen (secondary N) is 1. The number of hydrogen-bond acceptors (Lipinski definition) is 3. The van der Waals surface area contributed by atoms with Crippen LogP contribution in [-0.2, 0) is 15.6 Å². The van der Waals surface area contributed by atoms with Crippen LogP contribution < -0.4 is 4.72 Å². The summed E-state index contributed by atoms with van der Waals surface area (Å²) in [4.78, 5) is 0.0936. The van der Waals surface area contributed by atoms with E-state index in [1.807, 2.05) is 18.2 Å². The lowest BCUT2D eigenvalue weighted by Gasteiger charge is -2.27. The van der Waals surface area contributed by atoms with Gasteiger partial charge in [0.15, 0.2) is 0 Å². The van der Waals surface area contributed by atoms with Crippen LogP contribution in [0.1, 0.15) is 18.1 Å². The summed E-state index contributed by atoms with van der Waals surface area (Å²) in [7, 11) is -3.81. The monoisotopic (exact) mass is 387 g/mol.